The van der Waals surface area contributed by atoms with E-state index in [1.54, 1.807) is 14.2 Å². The molecule has 0 amide bonds. The van der Waals surface area contributed by atoms with Crippen molar-refractivity contribution in [3.05, 3.63) is 21.8 Å². The van der Waals surface area contributed by atoms with Crippen LogP contribution in [0.5, 0.6) is 11.5 Å². The first-order chi connectivity index (χ1) is 6.27. The fraction of sp³-hybridized carbons (Fsp3) is 0.333. The second kappa shape index (κ2) is 5.29. The van der Waals surface area contributed by atoms with E-state index in [2.05, 4.69) is 22.6 Å². The molecular formula is C9H11IO3. The minimum absolute atomic E-state index is 0.233. The molecule has 0 saturated heterocycles. The van der Waals surface area contributed by atoms with Crippen LogP contribution in [0.1, 0.15) is 0 Å². The number of ether oxygens (including phenoxy) is 3. The largest absolute Gasteiger partial charge is 0.493 e. The van der Waals surface area contributed by atoms with E-state index in [9.17, 15) is 0 Å². The molecule has 1 aromatic rings. The van der Waals surface area contributed by atoms with Gasteiger partial charge in [0.25, 0.3) is 0 Å². The summed E-state index contributed by atoms with van der Waals surface area (Å²) in [6.07, 6.45) is 0. The zero-order valence-corrected chi connectivity index (χ0v) is 9.70. The Labute approximate surface area is 91.1 Å². The second-order valence-corrected chi connectivity index (χ2v) is 3.59. The maximum absolute atomic E-state index is 5.28. The first-order valence-corrected chi connectivity index (χ1v) is 4.81. The summed E-state index contributed by atoms with van der Waals surface area (Å²) in [6.45, 7) is 0.233. The van der Waals surface area contributed by atoms with Crippen molar-refractivity contribution in [2.45, 2.75) is 0 Å². The second-order valence-electron chi connectivity index (χ2n) is 2.35. The van der Waals surface area contributed by atoms with Crippen molar-refractivity contribution in [1.29, 1.82) is 0 Å². The van der Waals surface area contributed by atoms with Gasteiger partial charge in [0.2, 0.25) is 0 Å². The molecule has 0 aliphatic heterocycles. The maximum Gasteiger partial charge on any atom is 0.188 e. The Morgan fingerprint density at radius 2 is 2.00 bits per heavy atom. The molecule has 1 aromatic carbocycles. The molecular weight excluding hydrogens is 283 g/mol. The van der Waals surface area contributed by atoms with Gasteiger partial charge in [0.05, 0.1) is 7.11 Å². The minimum atomic E-state index is 0.233. The van der Waals surface area contributed by atoms with E-state index in [-0.39, 0.29) is 6.79 Å². The van der Waals surface area contributed by atoms with Gasteiger partial charge in [-0.15, -0.1) is 0 Å². The van der Waals surface area contributed by atoms with Crippen LogP contribution < -0.4 is 9.47 Å². The molecule has 0 aliphatic carbocycles. The fourth-order valence-electron chi connectivity index (χ4n) is 0.883. The van der Waals surface area contributed by atoms with Crippen LogP contribution in [-0.2, 0) is 4.74 Å². The van der Waals surface area contributed by atoms with E-state index in [1.807, 2.05) is 18.2 Å². The third kappa shape index (κ3) is 3.04. The van der Waals surface area contributed by atoms with Crippen molar-refractivity contribution >= 4 is 22.6 Å². The Morgan fingerprint density at radius 1 is 1.23 bits per heavy atom. The number of hydrogen-bond acceptors (Lipinski definition) is 3. The molecule has 0 radical (unpaired) electrons. The van der Waals surface area contributed by atoms with E-state index >= 15 is 0 Å². The van der Waals surface area contributed by atoms with Crippen molar-refractivity contribution < 1.29 is 14.2 Å². The summed E-state index contributed by atoms with van der Waals surface area (Å²) in [4.78, 5) is 0. The van der Waals surface area contributed by atoms with Crippen molar-refractivity contribution in [3.8, 4) is 11.5 Å². The molecule has 1 rings (SSSR count). The van der Waals surface area contributed by atoms with Crippen LogP contribution in [-0.4, -0.2) is 21.0 Å². The lowest BCUT2D eigenvalue weighted by atomic mass is 10.3. The highest BCUT2D eigenvalue weighted by Crippen LogP contribution is 2.28. The van der Waals surface area contributed by atoms with Crippen LogP contribution in [0, 0.1) is 3.57 Å². The van der Waals surface area contributed by atoms with E-state index in [1.165, 1.54) is 0 Å². The summed E-state index contributed by atoms with van der Waals surface area (Å²) in [6, 6.07) is 5.72. The van der Waals surface area contributed by atoms with Crippen LogP contribution in [0.25, 0.3) is 0 Å². The van der Waals surface area contributed by atoms with E-state index in [0.29, 0.717) is 5.75 Å². The van der Waals surface area contributed by atoms with Gasteiger partial charge in [0.1, 0.15) is 0 Å². The highest BCUT2D eigenvalue weighted by molar-refractivity contribution is 14.1. The van der Waals surface area contributed by atoms with Gasteiger partial charge in [0.15, 0.2) is 18.3 Å². The van der Waals surface area contributed by atoms with Crippen molar-refractivity contribution in [3.63, 3.8) is 0 Å². The molecule has 0 unspecified atom stereocenters. The van der Waals surface area contributed by atoms with Gasteiger partial charge in [-0.1, -0.05) is 0 Å². The van der Waals surface area contributed by atoms with Crippen LogP contribution >= 0.6 is 22.6 Å². The summed E-state index contributed by atoms with van der Waals surface area (Å²) in [7, 11) is 3.20. The van der Waals surface area contributed by atoms with Gasteiger partial charge >= 0.3 is 0 Å². The van der Waals surface area contributed by atoms with Crippen molar-refractivity contribution in [1.82, 2.24) is 0 Å². The zero-order chi connectivity index (χ0) is 9.68. The Morgan fingerprint density at radius 3 is 2.62 bits per heavy atom. The van der Waals surface area contributed by atoms with Crippen LogP contribution in [0.15, 0.2) is 18.2 Å². The molecule has 0 saturated carbocycles. The maximum atomic E-state index is 5.28. The Bertz CT molecular complexity index is 276. The van der Waals surface area contributed by atoms with Gasteiger partial charge in [-0.25, -0.2) is 0 Å². The van der Waals surface area contributed by atoms with Crippen molar-refractivity contribution in [2.24, 2.45) is 0 Å². The molecule has 72 valence electrons. The van der Waals surface area contributed by atoms with Crippen LogP contribution in [0.4, 0.5) is 0 Å². The summed E-state index contributed by atoms with van der Waals surface area (Å²) >= 11 is 2.22. The monoisotopic (exact) mass is 294 g/mol. The quantitative estimate of drug-likeness (QED) is 0.630. The summed E-state index contributed by atoms with van der Waals surface area (Å²) in [5.41, 5.74) is 0. The van der Waals surface area contributed by atoms with Gasteiger partial charge in [-0.3, -0.25) is 0 Å². The average Bonchev–Trinajstić information content (AvgIpc) is 2.16. The van der Waals surface area contributed by atoms with Crippen molar-refractivity contribution in [2.75, 3.05) is 21.0 Å². The Balaban J connectivity index is 2.79. The lowest BCUT2D eigenvalue weighted by Crippen LogP contribution is -2.00. The van der Waals surface area contributed by atoms with Gasteiger partial charge in [0, 0.05) is 10.7 Å². The lowest BCUT2D eigenvalue weighted by molar-refractivity contribution is 0.0491. The lowest BCUT2D eigenvalue weighted by Gasteiger charge is -2.09. The van der Waals surface area contributed by atoms with Gasteiger partial charge in [-0.2, -0.15) is 0 Å². The molecule has 13 heavy (non-hydrogen) atoms. The van der Waals surface area contributed by atoms with Crippen LogP contribution in [0.2, 0.25) is 0 Å². The fourth-order valence-corrected chi connectivity index (χ4v) is 1.35. The molecule has 0 N–H and O–H groups in total. The Kier molecular flexibility index (Phi) is 4.31. The highest BCUT2D eigenvalue weighted by Gasteiger charge is 2.03. The third-order valence-corrected chi connectivity index (χ3v) is 2.13. The van der Waals surface area contributed by atoms with Crippen LogP contribution in [0.3, 0.4) is 0 Å². The number of halogens is 1. The molecule has 4 heteroatoms. The van der Waals surface area contributed by atoms with E-state index in [0.717, 1.165) is 9.32 Å². The normalized spacial score (nSPS) is 9.77. The summed E-state index contributed by atoms with van der Waals surface area (Å²) in [5.74, 6) is 1.42. The highest BCUT2D eigenvalue weighted by atomic mass is 127. The number of benzene rings is 1. The minimum Gasteiger partial charge on any atom is -0.493 e. The topological polar surface area (TPSA) is 27.7 Å². The summed E-state index contributed by atoms with van der Waals surface area (Å²) < 4.78 is 16.3. The molecule has 0 spiro atoms. The molecule has 0 atom stereocenters. The summed E-state index contributed by atoms with van der Waals surface area (Å²) in [5, 5.41) is 0. The number of hydrogen-bond donors (Lipinski definition) is 0. The molecule has 0 fully saturated rings. The molecule has 3 nitrogen and oxygen atoms in total. The predicted octanol–water partition coefficient (Wildman–Crippen LogP) is 2.28. The molecule has 0 heterocycles. The van der Waals surface area contributed by atoms with Gasteiger partial charge in [-0.05, 0) is 40.8 Å². The zero-order valence-electron chi connectivity index (χ0n) is 7.54. The predicted molar refractivity (Wildman–Crippen MR) is 58.2 cm³/mol. The number of rotatable bonds is 4. The number of methoxy groups -OCH3 is 2. The van der Waals surface area contributed by atoms with E-state index in [4.69, 9.17) is 14.2 Å². The Hall–Kier alpha value is -0.490. The molecule has 0 aromatic heterocycles. The van der Waals surface area contributed by atoms with Gasteiger partial charge < -0.3 is 14.2 Å². The standard InChI is InChI=1S/C9H11IO3/c1-11-6-13-8-4-3-7(10)5-9(8)12-2/h3-5H,6H2,1-2H3. The first-order valence-electron chi connectivity index (χ1n) is 3.73. The first kappa shape index (κ1) is 10.6. The molecule has 0 aliphatic rings. The smallest absolute Gasteiger partial charge is 0.188 e. The average molecular weight is 294 g/mol. The molecule has 0 bridgehead atoms. The third-order valence-electron chi connectivity index (χ3n) is 1.46. The van der Waals surface area contributed by atoms with E-state index < -0.39 is 0 Å². The SMILES string of the molecule is COCOc1ccc(I)cc1OC.